The minimum absolute atomic E-state index is 0.146. The Labute approximate surface area is 145 Å². The van der Waals surface area contributed by atoms with Crippen molar-refractivity contribution in [2.45, 2.75) is 51.5 Å². The van der Waals surface area contributed by atoms with Gasteiger partial charge in [0.05, 0.1) is 12.3 Å². The predicted molar refractivity (Wildman–Crippen MR) is 93.1 cm³/mol. The van der Waals surface area contributed by atoms with Crippen LogP contribution in [-0.4, -0.2) is 64.3 Å². The van der Waals surface area contributed by atoms with Crippen molar-refractivity contribution in [1.82, 2.24) is 24.0 Å². The van der Waals surface area contributed by atoms with Crippen molar-refractivity contribution in [1.29, 1.82) is 0 Å². The highest BCUT2D eigenvalue weighted by Crippen LogP contribution is 2.27. The third kappa shape index (κ3) is 3.81. The molecule has 2 aliphatic heterocycles. The fourth-order valence-electron chi connectivity index (χ4n) is 3.77. The number of likely N-dealkylation sites (tertiary alicyclic amines) is 1. The van der Waals surface area contributed by atoms with E-state index in [9.17, 15) is 8.42 Å². The molecule has 1 atom stereocenters. The van der Waals surface area contributed by atoms with E-state index >= 15 is 0 Å². The van der Waals surface area contributed by atoms with Gasteiger partial charge in [-0.3, -0.25) is 4.90 Å². The zero-order valence-corrected chi connectivity index (χ0v) is 15.6. The van der Waals surface area contributed by atoms with Gasteiger partial charge >= 0.3 is 0 Å². The van der Waals surface area contributed by atoms with Gasteiger partial charge in [-0.05, 0) is 45.7 Å². The SMILES string of the molecule is CCS(=O)(=O)N1CCCC(c2nnc(CN3CCCCC3)n2C)C1. The van der Waals surface area contributed by atoms with Crippen molar-refractivity contribution < 1.29 is 8.42 Å². The Morgan fingerprint density at radius 3 is 2.54 bits per heavy atom. The van der Waals surface area contributed by atoms with Gasteiger partial charge in [-0.15, -0.1) is 10.2 Å². The molecule has 3 rings (SSSR count). The number of hydrogen-bond acceptors (Lipinski definition) is 5. The lowest BCUT2D eigenvalue weighted by Crippen LogP contribution is -2.40. The summed E-state index contributed by atoms with van der Waals surface area (Å²) in [6.45, 7) is 5.98. The van der Waals surface area contributed by atoms with Gasteiger partial charge in [-0.2, -0.15) is 0 Å². The molecule has 7 nitrogen and oxygen atoms in total. The summed E-state index contributed by atoms with van der Waals surface area (Å²) < 4.78 is 28.0. The zero-order chi connectivity index (χ0) is 17.2. The minimum Gasteiger partial charge on any atom is -0.317 e. The third-order valence-electron chi connectivity index (χ3n) is 5.32. The van der Waals surface area contributed by atoms with E-state index in [1.54, 1.807) is 11.2 Å². The summed E-state index contributed by atoms with van der Waals surface area (Å²) in [5.74, 6) is 2.23. The molecule has 0 radical (unpaired) electrons. The number of hydrogen-bond donors (Lipinski definition) is 0. The van der Waals surface area contributed by atoms with Crippen LogP contribution in [0.4, 0.5) is 0 Å². The summed E-state index contributed by atoms with van der Waals surface area (Å²) in [7, 11) is -1.11. The van der Waals surface area contributed by atoms with E-state index in [2.05, 4.69) is 19.7 Å². The second kappa shape index (κ2) is 7.49. The monoisotopic (exact) mass is 355 g/mol. The Hall–Kier alpha value is -0.990. The number of aromatic nitrogens is 3. The molecule has 24 heavy (non-hydrogen) atoms. The van der Waals surface area contributed by atoms with Gasteiger partial charge < -0.3 is 4.57 Å². The summed E-state index contributed by atoms with van der Waals surface area (Å²) in [5, 5.41) is 8.81. The van der Waals surface area contributed by atoms with Crippen molar-refractivity contribution >= 4 is 10.0 Å². The van der Waals surface area contributed by atoms with Crippen LogP contribution < -0.4 is 0 Å². The molecule has 2 fully saturated rings. The molecule has 0 spiro atoms. The Morgan fingerprint density at radius 2 is 1.83 bits per heavy atom. The summed E-state index contributed by atoms with van der Waals surface area (Å²) >= 11 is 0. The van der Waals surface area contributed by atoms with Crippen LogP contribution in [0.5, 0.6) is 0 Å². The summed E-state index contributed by atoms with van der Waals surface area (Å²) in [4.78, 5) is 2.44. The number of nitrogens with zero attached hydrogens (tertiary/aromatic N) is 5. The first-order valence-electron chi connectivity index (χ1n) is 9.09. The fraction of sp³-hybridized carbons (Fsp3) is 0.875. The van der Waals surface area contributed by atoms with E-state index in [0.717, 1.165) is 44.1 Å². The van der Waals surface area contributed by atoms with Gasteiger partial charge in [0.2, 0.25) is 10.0 Å². The summed E-state index contributed by atoms with van der Waals surface area (Å²) in [6.07, 6.45) is 5.71. The molecule has 0 bridgehead atoms. The van der Waals surface area contributed by atoms with E-state index in [1.165, 1.54) is 19.3 Å². The van der Waals surface area contributed by atoms with Crippen LogP contribution in [0.1, 0.15) is 56.6 Å². The molecule has 0 amide bonds. The molecule has 1 aromatic rings. The fourth-order valence-corrected chi connectivity index (χ4v) is 4.95. The average Bonchev–Trinajstić information content (AvgIpc) is 2.96. The van der Waals surface area contributed by atoms with Gasteiger partial charge in [0.1, 0.15) is 11.6 Å². The summed E-state index contributed by atoms with van der Waals surface area (Å²) in [6, 6.07) is 0. The molecule has 1 unspecified atom stereocenters. The second-order valence-electron chi connectivity index (χ2n) is 6.97. The first-order valence-corrected chi connectivity index (χ1v) is 10.7. The molecule has 0 aliphatic carbocycles. The van der Waals surface area contributed by atoms with Crippen LogP contribution >= 0.6 is 0 Å². The highest BCUT2D eigenvalue weighted by Gasteiger charge is 2.31. The van der Waals surface area contributed by atoms with Gasteiger partial charge in [0, 0.05) is 26.1 Å². The maximum Gasteiger partial charge on any atom is 0.213 e. The standard InChI is InChI=1S/C16H29N5O2S/c1-3-24(22,23)21-11-7-8-14(12-21)16-18-17-15(19(16)2)13-20-9-5-4-6-10-20/h14H,3-13H2,1-2H3. The minimum atomic E-state index is -3.12. The molecule has 0 saturated carbocycles. The van der Waals surface area contributed by atoms with E-state index in [4.69, 9.17) is 0 Å². The lowest BCUT2D eigenvalue weighted by atomic mass is 9.99. The Kier molecular flexibility index (Phi) is 5.56. The van der Waals surface area contributed by atoms with E-state index < -0.39 is 10.0 Å². The van der Waals surface area contributed by atoms with Gasteiger partial charge in [0.25, 0.3) is 0 Å². The van der Waals surface area contributed by atoms with Crippen LogP contribution in [0.3, 0.4) is 0 Å². The van der Waals surface area contributed by atoms with Gasteiger partial charge in [-0.1, -0.05) is 6.42 Å². The largest absolute Gasteiger partial charge is 0.317 e. The third-order valence-corrected chi connectivity index (χ3v) is 7.17. The molecule has 8 heteroatoms. The molecule has 0 aromatic carbocycles. The smallest absolute Gasteiger partial charge is 0.213 e. The predicted octanol–water partition coefficient (Wildman–Crippen LogP) is 1.33. The van der Waals surface area contributed by atoms with Crippen molar-refractivity contribution in [2.24, 2.45) is 7.05 Å². The van der Waals surface area contributed by atoms with Crippen LogP contribution in [0, 0.1) is 0 Å². The van der Waals surface area contributed by atoms with Crippen molar-refractivity contribution in [3.8, 4) is 0 Å². The number of sulfonamides is 1. The molecule has 0 N–H and O–H groups in total. The highest BCUT2D eigenvalue weighted by atomic mass is 32.2. The maximum absolute atomic E-state index is 12.2. The molecule has 1 aromatic heterocycles. The normalized spacial score (nSPS) is 24.3. The molecular weight excluding hydrogens is 326 g/mol. The topological polar surface area (TPSA) is 71.3 Å². The van der Waals surface area contributed by atoms with Crippen LogP contribution in [0.25, 0.3) is 0 Å². The van der Waals surface area contributed by atoms with Crippen LogP contribution in [0.15, 0.2) is 0 Å². The van der Waals surface area contributed by atoms with Crippen LogP contribution in [-0.2, 0) is 23.6 Å². The highest BCUT2D eigenvalue weighted by molar-refractivity contribution is 7.89. The molecule has 136 valence electrons. The van der Waals surface area contributed by atoms with E-state index in [-0.39, 0.29) is 11.7 Å². The molecule has 2 saturated heterocycles. The average molecular weight is 356 g/mol. The second-order valence-corrected chi connectivity index (χ2v) is 9.23. The van der Waals surface area contributed by atoms with Crippen molar-refractivity contribution in [3.05, 3.63) is 11.6 Å². The lowest BCUT2D eigenvalue weighted by molar-refractivity contribution is 0.213. The van der Waals surface area contributed by atoms with E-state index in [1.807, 2.05) is 7.05 Å². The zero-order valence-electron chi connectivity index (χ0n) is 14.8. The summed E-state index contributed by atoms with van der Waals surface area (Å²) in [5.41, 5.74) is 0. The maximum atomic E-state index is 12.2. The first-order chi connectivity index (χ1) is 11.5. The Bertz CT molecular complexity index is 651. The van der Waals surface area contributed by atoms with Gasteiger partial charge in [-0.25, -0.2) is 12.7 Å². The van der Waals surface area contributed by atoms with Crippen molar-refractivity contribution in [3.63, 3.8) is 0 Å². The molecule has 3 heterocycles. The first kappa shape index (κ1) is 17.8. The lowest BCUT2D eigenvalue weighted by Gasteiger charge is -2.31. The van der Waals surface area contributed by atoms with E-state index in [0.29, 0.717) is 13.1 Å². The van der Waals surface area contributed by atoms with Crippen LogP contribution in [0.2, 0.25) is 0 Å². The molecular formula is C16H29N5O2S. The Morgan fingerprint density at radius 1 is 1.08 bits per heavy atom. The quantitative estimate of drug-likeness (QED) is 0.797. The molecule has 2 aliphatic rings. The number of rotatable bonds is 5. The van der Waals surface area contributed by atoms with Gasteiger partial charge in [0.15, 0.2) is 0 Å². The Balaban J connectivity index is 1.70. The number of piperidine rings is 2. The van der Waals surface area contributed by atoms with Crippen molar-refractivity contribution in [2.75, 3.05) is 31.9 Å².